The van der Waals surface area contributed by atoms with Crippen LogP contribution in [0, 0.1) is 0 Å². The second-order valence-electron chi connectivity index (χ2n) is 8.75. The smallest absolute Gasteiger partial charge is 0.312 e. The Kier molecular flexibility index (Phi) is 4.57. The summed E-state index contributed by atoms with van der Waals surface area (Å²) < 4.78 is 9.24. The number of pyridine rings is 1. The summed E-state index contributed by atoms with van der Waals surface area (Å²) in [4.78, 5) is 23.1. The summed E-state index contributed by atoms with van der Waals surface area (Å²) in [7, 11) is 1.80. The Labute approximate surface area is 194 Å². The first kappa shape index (κ1) is 20.3. The third kappa shape index (κ3) is 3.19. The molecule has 34 heavy (non-hydrogen) atoms. The largest absolute Gasteiger partial charge is 0.412 e. The van der Waals surface area contributed by atoms with Gasteiger partial charge in [-0.3, -0.25) is 9.48 Å². The topological polar surface area (TPSA) is 123 Å². The maximum atomic E-state index is 13.6. The van der Waals surface area contributed by atoms with Crippen molar-refractivity contribution in [2.75, 3.05) is 6.54 Å². The first-order chi connectivity index (χ1) is 16.5. The Hall–Kier alpha value is -4.28. The molecule has 172 valence electrons. The highest BCUT2D eigenvalue weighted by atomic mass is 16.4. The number of imidazole rings is 1. The number of H-pyrrole nitrogens is 1. The van der Waals surface area contributed by atoms with Crippen molar-refractivity contribution in [3.05, 3.63) is 71.7 Å². The quantitative estimate of drug-likeness (QED) is 0.440. The summed E-state index contributed by atoms with van der Waals surface area (Å²) in [6.45, 7) is 4.77. The van der Waals surface area contributed by atoms with Gasteiger partial charge in [0, 0.05) is 38.1 Å². The van der Waals surface area contributed by atoms with Crippen LogP contribution in [0.1, 0.15) is 59.1 Å². The fourth-order valence-electron chi connectivity index (χ4n) is 4.55. The molecule has 0 saturated heterocycles. The molecule has 0 saturated carbocycles. The van der Waals surface area contributed by atoms with Crippen molar-refractivity contribution in [3.8, 4) is 11.5 Å². The van der Waals surface area contributed by atoms with Gasteiger partial charge in [-0.15, -0.1) is 10.2 Å². The lowest BCUT2D eigenvalue weighted by molar-refractivity contribution is 0.0646. The minimum absolute atomic E-state index is 0.0746. The van der Waals surface area contributed by atoms with Gasteiger partial charge in [-0.05, 0) is 23.6 Å². The standard InChI is InChI=1S/C23H23N9O2/c1-13(2)15-5-4-7-32-18(15)9-17(29-32)20-19-16(24-12-25-19)6-8-31(20)23(33)22-28-27-21(34-22)14-10-26-30(3)11-14/h4-5,7,9-13,20H,6,8H2,1-3H3,(H,24,25)/t20-/m1/s1. The summed E-state index contributed by atoms with van der Waals surface area (Å²) in [5, 5.41) is 17.0. The normalized spacial score (nSPS) is 15.9. The third-order valence-corrected chi connectivity index (χ3v) is 6.20. The van der Waals surface area contributed by atoms with Gasteiger partial charge in [0.2, 0.25) is 0 Å². The van der Waals surface area contributed by atoms with Crippen molar-refractivity contribution in [3.63, 3.8) is 0 Å². The molecule has 1 amide bonds. The number of aromatic amines is 1. The van der Waals surface area contributed by atoms with Gasteiger partial charge < -0.3 is 14.3 Å². The molecule has 1 aliphatic heterocycles. The van der Waals surface area contributed by atoms with Crippen LogP contribution in [0.4, 0.5) is 0 Å². The molecule has 0 aromatic carbocycles. The second-order valence-corrected chi connectivity index (χ2v) is 8.75. The number of hydrogen-bond donors (Lipinski definition) is 1. The van der Waals surface area contributed by atoms with E-state index in [-0.39, 0.29) is 17.7 Å². The Morgan fingerprint density at radius 1 is 1.29 bits per heavy atom. The summed E-state index contributed by atoms with van der Waals surface area (Å²) >= 11 is 0. The van der Waals surface area contributed by atoms with Crippen LogP contribution in [0.2, 0.25) is 0 Å². The van der Waals surface area contributed by atoms with E-state index in [0.29, 0.717) is 24.4 Å². The van der Waals surface area contributed by atoms with Gasteiger partial charge in [0.15, 0.2) is 0 Å². The maximum Gasteiger partial charge on any atom is 0.312 e. The Bertz CT molecular complexity index is 1510. The average molecular weight is 457 g/mol. The van der Waals surface area contributed by atoms with Crippen molar-refractivity contribution in [1.29, 1.82) is 0 Å². The van der Waals surface area contributed by atoms with E-state index in [1.807, 2.05) is 22.8 Å². The van der Waals surface area contributed by atoms with E-state index in [9.17, 15) is 4.79 Å². The molecule has 1 aliphatic rings. The van der Waals surface area contributed by atoms with Crippen molar-refractivity contribution in [2.45, 2.75) is 32.2 Å². The van der Waals surface area contributed by atoms with E-state index in [2.05, 4.69) is 45.2 Å². The Morgan fingerprint density at radius 2 is 2.18 bits per heavy atom. The number of fused-ring (bicyclic) bond motifs is 2. The fourth-order valence-corrected chi connectivity index (χ4v) is 4.55. The minimum Gasteiger partial charge on any atom is -0.412 e. The van der Waals surface area contributed by atoms with E-state index in [4.69, 9.17) is 9.52 Å². The van der Waals surface area contributed by atoms with Crippen LogP contribution in [0.15, 0.2) is 47.5 Å². The number of nitrogens with one attached hydrogen (secondary N) is 1. The number of hydrogen-bond acceptors (Lipinski definition) is 7. The SMILES string of the molecule is CC(C)c1cccn2nc([C@@H]3c4nc[nH]c4CCN3C(=O)c3nnc(-c4cnn(C)c4)o3)cc12. The highest BCUT2D eigenvalue weighted by Gasteiger charge is 2.38. The van der Waals surface area contributed by atoms with E-state index in [1.165, 1.54) is 5.56 Å². The molecule has 0 spiro atoms. The van der Waals surface area contributed by atoms with Gasteiger partial charge in [-0.2, -0.15) is 10.2 Å². The molecular formula is C23H23N9O2. The van der Waals surface area contributed by atoms with Gasteiger partial charge in [0.1, 0.15) is 6.04 Å². The lowest BCUT2D eigenvalue weighted by Crippen LogP contribution is -2.41. The predicted molar refractivity (Wildman–Crippen MR) is 121 cm³/mol. The molecule has 1 atom stereocenters. The zero-order valence-electron chi connectivity index (χ0n) is 19.0. The number of aryl methyl sites for hydroxylation is 1. The molecule has 0 radical (unpaired) electrons. The Morgan fingerprint density at radius 3 is 2.97 bits per heavy atom. The summed E-state index contributed by atoms with van der Waals surface area (Å²) in [6.07, 6.45) is 7.60. The van der Waals surface area contributed by atoms with E-state index in [1.54, 1.807) is 35.4 Å². The fraction of sp³-hybridized carbons (Fsp3) is 0.304. The van der Waals surface area contributed by atoms with E-state index >= 15 is 0 Å². The molecular weight excluding hydrogens is 434 g/mol. The van der Waals surface area contributed by atoms with Gasteiger partial charge in [-0.1, -0.05) is 19.9 Å². The monoisotopic (exact) mass is 457 g/mol. The number of aromatic nitrogens is 8. The molecule has 5 aromatic heterocycles. The van der Waals surface area contributed by atoms with Gasteiger partial charge in [0.05, 0.1) is 35.0 Å². The number of rotatable bonds is 4. The average Bonchev–Trinajstić information content (AvgIpc) is 3.62. The molecule has 11 heteroatoms. The molecule has 0 unspecified atom stereocenters. The van der Waals surface area contributed by atoms with E-state index < -0.39 is 6.04 Å². The van der Waals surface area contributed by atoms with Crippen LogP contribution in [0.25, 0.3) is 17.0 Å². The van der Waals surface area contributed by atoms with Crippen LogP contribution in [0.5, 0.6) is 0 Å². The lowest BCUT2D eigenvalue weighted by Gasteiger charge is -2.32. The number of nitrogens with zero attached hydrogens (tertiary/aromatic N) is 8. The molecule has 6 rings (SSSR count). The first-order valence-electron chi connectivity index (χ1n) is 11.1. The van der Waals surface area contributed by atoms with Crippen LogP contribution in [-0.4, -0.2) is 56.9 Å². The zero-order valence-corrected chi connectivity index (χ0v) is 19.0. The Balaban J connectivity index is 1.41. The third-order valence-electron chi connectivity index (χ3n) is 6.20. The first-order valence-corrected chi connectivity index (χ1v) is 11.1. The summed E-state index contributed by atoms with van der Waals surface area (Å²) in [6, 6.07) is 5.66. The number of carbonyl (C=O) groups excluding carboxylic acids is 1. The zero-order chi connectivity index (χ0) is 23.4. The lowest BCUT2D eigenvalue weighted by atomic mass is 9.98. The van der Waals surface area contributed by atoms with Gasteiger partial charge in [-0.25, -0.2) is 9.50 Å². The highest BCUT2D eigenvalue weighted by Crippen LogP contribution is 2.35. The van der Waals surface area contributed by atoms with Gasteiger partial charge >= 0.3 is 11.8 Å². The highest BCUT2D eigenvalue weighted by molar-refractivity contribution is 5.90. The van der Waals surface area contributed by atoms with Crippen molar-refractivity contribution < 1.29 is 9.21 Å². The maximum absolute atomic E-state index is 13.6. The number of amides is 1. The molecule has 0 bridgehead atoms. The van der Waals surface area contributed by atoms with Crippen LogP contribution >= 0.6 is 0 Å². The summed E-state index contributed by atoms with van der Waals surface area (Å²) in [5.41, 5.74) is 5.37. The van der Waals surface area contributed by atoms with Gasteiger partial charge in [0.25, 0.3) is 5.89 Å². The van der Waals surface area contributed by atoms with Crippen molar-refractivity contribution in [2.24, 2.45) is 7.05 Å². The summed E-state index contributed by atoms with van der Waals surface area (Å²) in [5.74, 6) is 0.152. The molecule has 5 aromatic rings. The molecule has 11 nitrogen and oxygen atoms in total. The van der Waals surface area contributed by atoms with Crippen molar-refractivity contribution >= 4 is 11.4 Å². The molecule has 6 heterocycles. The number of carbonyl (C=O) groups is 1. The molecule has 0 aliphatic carbocycles. The van der Waals surface area contributed by atoms with Crippen LogP contribution in [0.3, 0.4) is 0 Å². The van der Waals surface area contributed by atoms with Crippen LogP contribution < -0.4 is 0 Å². The predicted octanol–water partition coefficient (Wildman–Crippen LogP) is 2.75. The molecule has 0 fully saturated rings. The minimum atomic E-state index is -0.476. The van der Waals surface area contributed by atoms with E-state index in [0.717, 1.165) is 22.6 Å². The second kappa shape index (κ2) is 7.65. The molecule has 1 N–H and O–H groups in total. The van der Waals surface area contributed by atoms with Crippen molar-refractivity contribution in [1.82, 2.24) is 44.5 Å². The van der Waals surface area contributed by atoms with Crippen LogP contribution in [-0.2, 0) is 13.5 Å².